The number of esters is 1. The molecule has 0 saturated carbocycles. The molecule has 9 nitrogen and oxygen atoms in total. The van der Waals surface area contributed by atoms with Gasteiger partial charge < -0.3 is 27.5 Å². The summed E-state index contributed by atoms with van der Waals surface area (Å²) in [6.07, 6.45) is 0.222. The van der Waals surface area contributed by atoms with Crippen LogP contribution in [0, 0.1) is 0 Å². The number of carbonyl (C=O) groups is 2. The van der Waals surface area contributed by atoms with Crippen molar-refractivity contribution in [2.45, 2.75) is 57.4 Å². The van der Waals surface area contributed by atoms with E-state index < -0.39 is 32.5 Å². The Morgan fingerprint density at radius 1 is 1.07 bits per heavy atom. The molecule has 0 spiro atoms. The molecule has 2 atom stereocenters. The van der Waals surface area contributed by atoms with Crippen molar-refractivity contribution in [3.05, 3.63) is 0 Å². The first-order chi connectivity index (χ1) is 12.6. The van der Waals surface area contributed by atoms with Crippen molar-refractivity contribution in [2.24, 2.45) is 0 Å². The first kappa shape index (κ1) is 23.8. The van der Waals surface area contributed by atoms with E-state index in [-0.39, 0.29) is 12.6 Å². The van der Waals surface area contributed by atoms with E-state index >= 15 is 0 Å². The Balaban J connectivity index is 2.60. The van der Waals surface area contributed by atoms with Crippen LogP contribution < -0.4 is 0 Å². The topological polar surface area (TPSA) is 92.8 Å². The van der Waals surface area contributed by atoms with Crippen LogP contribution in [0.3, 0.4) is 0 Å². The maximum Gasteiger partial charge on any atom is 0.500 e. The fourth-order valence-corrected chi connectivity index (χ4v) is 4.58. The van der Waals surface area contributed by atoms with E-state index in [4.69, 9.17) is 27.5 Å². The molecule has 1 fully saturated rings. The Bertz CT molecular complexity index is 484. The van der Waals surface area contributed by atoms with Crippen molar-refractivity contribution >= 4 is 20.9 Å². The quantitative estimate of drug-likeness (QED) is 0.325. The van der Waals surface area contributed by atoms with Crippen LogP contribution in [0.15, 0.2) is 0 Å². The average molecular weight is 408 g/mol. The van der Waals surface area contributed by atoms with Gasteiger partial charge in [0.05, 0.1) is 19.8 Å². The summed E-state index contributed by atoms with van der Waals surface area (Å²) in [4.78, 5) is 25.8. The maximum absolute atomic E-state index is 12.4. The van der Waals surface area contributed by atoms with E-state index in [0.29, 0.717) is 25.5 Å². The summed E-state index contributed by atoms with van der Waals surface area (Å²) >= 11 is 0. The zero-order valence-electron chi connectivity index (χ0n) is 17.4. The minimum atomic E-state index is -2.63. The van der Waals surface area contributed by atoms with Crippen LogP contribution in [-0.4, -0.2) is 85.1 Å². The Hall–Kier alpha value is -1.20. The lowest BCUT2D eigenvalue weighted by molar-refractivity contribution is -0.145. The van der Waals surface area contributed by atoms with Gasteiger partial charge in [-0.25, -0.2) is 9.59 Å². The molecule has 1 aliphatic heterocycles. The zero-order valence-corrected chi connectivity index (χ0v) is 18.4. The van der Waals surface area contributed by atoms with Crippen molar-refractivity contribution < 1.29 is 37.1 Å². The van der Waals surface area contributed by atoms with Crippen molar-refractivity contribution in [2.75, 3.05) is 41.6 Å². The Labute approximate surface area is 162 Å². The van der Waals surface area contributed by atoms with Crippen molar-refractivity contribution in [1.29, 1.82) is 0 Å². The molecule has 0 aromatic heterocycles. The molecule has 0 bridgehead atoms. The predicted molar refractivity (Wildman–Crippen MR) is 99.3 cm³/mol. The summed E-state index contributed by atoms with van der Waals surface area (Å²) in [5, 5.41) is 0. The van der Waals surface area contributed by atoms with Crippen LogP contribution in [0.2, 0.25) is 6.04 Å². The number of hydrogen-bond acceptors (Lipinski definition) is 8. The van der Waals surface area contributed by atoms with Crippen LogP contribution in [0.5, 0.6) is 0 Å². The first-order valence-electron chi connectivity index (χ1n) is 8.96. The third kappa shape index (κ3) is 7.04. The molecule has 1 unspecified atom stereocenters. The van der Waals surface area contributed by atoms with Crippen LogP contribution in [-0.2, 0) is 32.3 Å². The normalized spacial score (nSPS) is 20.6. The number of rotatable bonds is 9. The highest BCUT2D eigenvalue weighted by molar-refractivity contribution is 6.60. The largest absolute Gasteiger partial charge is 0.500 e. The molecule has 0 radical (unpaired) electrons. The van der Waals surface area contributed by atoms with Crippen LogP contribution in [0.25, 0.3) is 0 Å². The molecule has 158 valence electrons. The summed E-state index contributed by atoms with van der Waals surface area (Å²) < 4.78 is 32.2. The fraction of sp³-hybridized carbons (Fsp3) is 0.882. The molecule has 0 aromatic carbocycles. The summed E-state index contributed by atoms with van der Waals surface area (Å²) in [5.41, 5.74) is -0.648. The van der Waals surface area contributed by atoms with Crippen LogP contribution >= 0.6 is 0 Å². The number of amides is 1. The minimum Gasteiger partial charge on any atom is -0.467 e. The number of hydrogen-bond donors (Lipinski definition) is 0. The third-order valence-corrected chi connectivity index (χ3v) is 7.11. The second-order valence-electron chi connectivity index (χ2n) is 7.30. The van der Waals surface area contributed by atoms with E-state index in [9.17, 15) is 9.59 Å². The van der Waals surface area contributed by atoms with Crippen molar-refractivity contribution in [3.63, 3.8) is 0 Å². The Kier molecular flexibility index (Phi) is 9.16. The highest BCUT2D eigenvalue weighted by Crippen LogP contribution is 2.25. The van der Waals surface area contributed by atoms with Gasteiger partial charge in [0.25, 0.3) is 0 Å². The number of ether oxygens (including phenoxy) is 3. The van der Waals surface area contributed by atoms with Gasteiger partial charge in [-0.05, 0) is 27.2 Å². The van der Waals surface area contributed by atoms with Gasteiger partial charge in [-0.2, -0.15) is 0 Å². The van der Waals surface area contributed by atoms with Crippen LogP contribution in [0.4, 0.5) is 4.79 Å². The molecule has 1 saturated heterocycles. The molecule has 1 amide bonds. The lowest BCUT2D eigenvalue weighted by Gasteiger charge is -2.27. The molecule has 1 heterocycles. The maximum atomic E-state index is 12.4. The number of nitrogens with zero attached hydrogens (tertiary/aromatic N) is 1. The van der Waals surface area contributed by atoms with Gasteiger partial charge in [-0.15, -0.1) is 0 Å². The van der Waals surface area contributed by atoms with E-state index in [2.05, 4.69) is 0 Å². The monoisotopic (exact) mass is 407 g/mol. The Morgan fingerprint density at radius 3 is 2.15 bits per heavy atom. The predicted octanol–water partition coefficient (Wildman–Crippen LogP) is 1.82. The third-order valence-electron chi connectivity index (χ3n) is 4.28. The summed E-state index contributed by atoms with van der Waals surface area (Å²) in [6.45, 7) is 6.04. The van der Waals surface area contributed by atoms with E-state index in [0.717, 1.165) is 0 Å². The smallest absolute Gasteiger partial charge is 0.467 e. The average Bonchev–Trinajstić information content (AvgIpc) is 3.05. The zero-order chi connectivity index (χ0) is 20.7. The molecule has 0 aromatic rings. The van der Waals surface area contributed by atoms with Gasteiger partial charge in [0.15, 0.2) is 0 Å². The molecular weight excluding hydrogens is 374 g/mol. The van der Waals surface area contributed by atoms with Crippen molar-refractivity contribution in [3.8, 4) is 0 Å². The molecule has 0 N–H and O–H groups in total. The molecular formula is C17H33NO8Si. The summed E-state index contributed by atoms with van der Waals surface area (Å²) in [5.74, 6) is -0.475. The highest BCUT2D eigenvalue weighted by Gasteiger charge is 2.43. The standard InChI is InChI=1S/C17H33NO8Si/c1-17(2,3)26-16(20)18-12-13(11-14(18)15(19)21-4)25-9-8-10-27(22-5,23-6)24-7/h13-14H,8-12H2,1-7H3/t13?,14-/m0/s1. The molecule has 10 heteroatoms. The van der Waals surface area contributed by atoms with Gasteiger partial charge in [-0.1, -0.05) is 0 Å². The van der Waals surface area contributed by atoms with Crippen molar-refractivity contribution in [1.82, 2.24) is 4.90 Å². The van der Waals surface area contributed by atoms with E-state index in [1.165, 1.54) is 12.0 Å². The molecule has 1 rings (SSSR count). The summed E-state index contributed by atoms with van der Waals surface area (Å²) in [7, 11) is 3.37. The second-order valence-corrected chi connectivity index (χ2v) is 10.4. The van der Waals surface area contributed by atoms with Gasteiger partial charge in [0.1, 0.15) is 11.6 Å². The van der Waals surface area contributed by atoms with E-state index in [1.807, 2.05) is 0 Å². The van der Waals surface area contributed by atoms with Gasteiger partial charge >= 0.3 is 20.9 Å². The molecule has 27 heavy (non-hydrogen) atoms. The Morgan fingerprint density at radius 2 is 1.67 bits per heavy atom. The van der Waals surface area contributed by atoms with E-state index in [1.54, 1.807) is 42.1 Å². The number of carbonyl (C=O) groups excluding carboxylic acids is 2. The SMILES string of the molecule is COC(=O)[C@@H]1CC(OCCC[Si](OC)(OC)OC)CN1C(=O)OC(C)(C)C. The minimum absolute atomic E-state index is 0.273. The van der Waals surface area contributed by atoms with Gasteiger partial charge in [-0.3, -0.25) is 4.90 Å². The van der Waals surface area contributed by atoms with Gasteiger partial charge in [0, 0.05) is 40.4 Å². The molecule has 1 aliphatic rings. The number of likely N-dealkylation sites (tertiary alicyclic amines) is 1. The first-order valence-corrected chi connectivity index (χ1v) is 10.9. The fourth-order valence-electron chi connectivity index (χ4n) is 2.89. The lowest BCUT2D eigenvalue weighted by Crippen LogP contribution is -2.44. The molecule has 0 aliphatic carbocycles. The summed E-state index contributed by atoms with van der Waals surface area (Å²) in [6, 6.07) is -0.0976. The van der Waals surface area contributed by atoms with Gasteiger partial charge in [0.2, 0.25) is 0 Å². The highest BCUT2D eigenvalue weighted by atomic mass is 28.4. The van der Waals surface area contributed by atoms with Crippen LogP contribution in [0.1, 0.15) is 33.6 Å². The second kappa shape index (κ2) is 10.4. The lowest BCUT2D eigenvalue weighted by atomic mass is 10.2. The number of methoxy groups -OCH3 is 1.